The van der Waals surface area contributed by atoms with Crippen LogP contribution in [0, 0.1) is 3.57 Å². The Morgan fingerprint density at radius 3 is 2.18 bits per heavy atom. The smallest absolute Gasteiger partial charge is 0.429 e. The first kappa shape index (κ1) is 31.9. The van der Waals surface area contributed by atoms with Crippen LogP contribution in [-0.4, -0.2) is 55.0 Å². The molecule has 0 fully saturated rings. The normalized spacial score (nSPS) is 12.2. The van der Waals surface area contributed by atoms with Gasteiger partial charge >= 0.3 is 24.1 Å². The molecule has 0 saturated heterocycles. The molecule has 0 radical (unpaired) electrons. The van der Waals surface area contributed by atoms with Crippen molar-refractivity contribution in [2.75, 3.05) is 11.9 Å². The zero-order chi connectivity index (χ0) is 32.2. The highest BCUT2D eigenvalue weighted by Gasteiger charge is 2.74. The van der Waals surface area contributed by atoms with E-state index < -0.39 is 37.3 Å². The van der Waals surface area contributed by atoms with E-state index in [2.05, 4.69) is 34.7 Å². The van der Waals surface area contributed by atoms with Crippen molar-refractivity contribution in [3.8, 4) is 11.5 Å². The molecule has 3 aromatic heterocycles. The second-order valence-electron chi connectivity index (χ2n) is 9.59. The maximum absolute atomic E-state index is 14.1. The minimum absolute atomic E-state index is 0.0874. The van der Waals surface area contributed by atoms with Crippen molar-refractivity contribution in [3.63, 3.8) is 0 Å². The summed E-state index contributed by atoms with van der Waals surface area (Å²) >= 11 is 1.65. The molecule has 0 amide bonds. The minimum Gasteiger partial charge on any atom is -0.429 e. The van der Waals surface area contributed by atoms with E-state index in [0.717, 1.165) is 5.56 Å². The Morgan fingerprint density at radius 1 is 0.889 bits per heavy atom. The molecular formula is C29H21F6IN6O3. The van der Waals surface area contributed by atoms with Crippen LogP contribution in [0.4, 0.5) is 37.0 Å². The number of carbonyl (C=O) groups is 1. The number of nitrogens with one attached hydrogen (secondary N) is 1. The number of hydrogen-bond donors (Lipinski definition) is 1. The Hall–Kier alpha value is -4.48. The average molecular weight is 742 g/mol. The molecule has 0 saturated carbocycles. The first-order chi connectivity index (χ1) is 21.4. The average Bonchev–Trinajstić information content (AvgIpc) is 3.48. The number of hydrogen-bond acceptors (Lipinski definition) is 8. The Bertz CT molecular complexity index is 1770. The van der Waals surface area contributed by atoms with Crippen molar-refractivity contribution in [1.82, 2.24) is 24.3 Å². The van der Waals surface area contributed by atoms with Gasteiger partial charge in [0.1, 0.15) is 18.1 Å². The molecule has 5 aromatic rings. The SMILES string of the molecule is O=C(OCc1ccccc1)OC(CNc1nc(-c2cn3ccnc3c(Cc3ccccc3)n2)ncc1I)(C(F)(F)F)C(F)(F)F. The highest BCUT2D eigenvalue weighted by molar-refractivity contribution is 14.1. The summed E-state index contributed by atoms with van der Waals surface area (Å²) in [5.74, 6) is -0.465. The fourth-order valence-electron chi connectivity index (χ4n) is 4.24. The Labute approximate surface area is 264 Å². The number of nitrogens with zero attached hydrogens (tertiary/aromatic N) is 5. The van der Waals surface area contributed by atoms with Crippen LogP contribution in [0.1, 0.15) is 16.8 Å². The number of anilines is 1. The monoisotopic (exact) mass is 742 g/mol. The van der Waals surface area contributed by atoms with Gasteiger partial charge in [-0.05, 0) is 33.7 Å². The molecule has 0 spiro atoms. The molecule has 2 aromatic carbocycles. The lowest BCUT2D eigenvalue weighted by Crippen LogP contribution is -2.63. The molecule has 0 aliphatic carbocycles. The highest BCUT2D eigenvalue weighted by Crippen LogP contribution is 2.46. The van der Waals surface area contributed by atoms with Gasteiger partial charge in [-0.15, -0.1) is 0 Å². The van der Waals surface area contributed by atoms with Gasteiger partial charge in [-0.25, -0.2) is 24.7 Å². The Morgan fingerprint density at radius 2 is 1.53 bits per heavy atom. The molecule has 1 N–H and O–H groups in total. The minimum atomic E-state index is -6.09. The predicted molar refractivity (Wildman–Crippen MR) is 157 cm³/mol. The number of halogens is 7. The largest absolute Gasteiger partial charge is 0.509 e. The molecule has 0 atom stereocenters. The number of aromatic nitrogens is 5. The van der Waals surface area contributed by atoms with Gasteiger partial charge in [0.2, 0.25) is 0 Å². The van der Waals surface area contributed by atoms with Crippen LogP contribution in [0.25, 0.3) is 17.2 Å². The van der Waals surface area contributed by atoms with E-state index in [0.29, 0.717) is 23.3 Å². The lowest BCUT2D eigenvalue weighted by atomic mass is 10.0. The molecule has 3 heterocycles. The summed E-state index contributed by atoms with van der Waals surface area (Å²) in [4.78, 5) is 29.5. The number of carbonyl (C=O) groups excluding carboxylic acids is 1. The summed E-state index contributed by atoms with van der Waals surface area (Å²) in [6, 6.07) is 17.0. The van der Waals surface area contributed by atoms with Gasteiger partial charge in [-0.1, -0.05) is 60.7 Å². The number of rotatable bonds is 9. The van der Waals surface area contributed by atoms with Crippen LogP contribution in [0.5, 0.6) is 0 Å². The van der Waals surface area contributed by atoms with Gasteiger partial charge in [0.05, 0.1) is 15.8 Å². The molecule has 0 bridgehead atoms. The molecule has 0 aliphatic heterocycles. The zero-order valence-corrected chi connectivity index (χ0v) is 25.0. The van der Waals surface area contributed by atoms with E-state index in [4.69, 9.17) is 0 Å². The Balaban J connectivity index is 1.43. The lowest BCUT2D eigenvalue weighted by molar-refractivity contribution is -0.362. The molecular weight excluding hydrogens is 721 g/mol. The molecule has 45 heavy (non-hydrogen) atoms. The number of benzene rings is 2. The van der Waals surface area contributed by atoms with Crippen molar-refractivity contribution in [2.24, 2.45) is 0 Å². The van der Waals surface area contributed by atoms with E-state index in [9.17, 15) is 31.1 Å². The van der Waals surface area contributed by atoms with Crippen LogP contribution in [-0.2, 0) is 22.5 Å². The summed E-state index contributed by atoms with van der Waals surface area (Å²) in [6.45, 7) is -2.56. The molecule has 16 heteroatoms. The standard InChI is InChI=1S/C29H21F6IN6O3/c30-28(31,32)27(29(33,34)35,45-26(43)44-16-19-9-5-2-6-10-19)17-39-23-20(36)14-38-24(41-23)22-15-42-12-11-37-25(42)21(40-22)13-18-7-3-1-4-8-18/h1-12,14-15H,13,16-17H2,(H,38,39,41). The van der Waals surface area contributed by atoms with E-state index in [1.54, 1.807) is 57.6 Å². The van der Waals surface area contributed by atoms with Gasteiger partial charge in [0, 0.05) is 31.2 Å². The molecule has 0 unspecified atom stereocenters. The van der Waals surface area contributed by atoms with Gasteiger partial charge in [0.25, 0.3) is 0 Å². The summed E-state index contributed by atoms with van der Waals surface area (Å²) in [5.41, 5.74) is -2.45. The van der Waals surface area contributed by atoms with Crippen molar-refractivity contribution < 1.29 is 40.6 Å². The molecule has 9 nitrogen and oxygen atoms in total. The quantitative estimate of drug-likeness (QED) is 0.0979. The van der Waals surface area contributed by atoms with Gasteiger partial charge in [0.15, 0.2) is 11.5 Å². The van der Waals surface area contributed by atoms with Crippen molar-refractivity contribution >= 4 is 40.2 Å². The van der Waals surface area contributed by atoms with Gasteiger partial charge < -0.3 is 19.2 Å². The van der Waals surface area contributed by atoms with Gasteiger partial charge in [-0.3, -0.25) is 0 Å². The first-order valence-electron chi connectivity index (χ1n) is 13.0. The van der Waals surface area contributed by atoms with Crippen LogP contribution in [0.15, 0.2) is 85.5 Å². The summed E-state index contributed by atoms with van der Waals surface area (Å²) in [7, 11) is 0. The number of imidazole rings is 1. The van der Waals surface area contributed by atoms with Crippen molar-refractivity contribution in [3.05, 3.63) is 106 Å². The lowest BCUT2D eigenvalue weighted by Gasteiger charge is -2.36. The molecule has 5 rings (SSSR count). The highest BCUT2D eigenvalue weighted by atomic mass is 127. The maximum Gasteiger partial charge on any atom is 0.509 e. The fourth-order valence-corrected chi connectivity index (χ4v) is 4.69. The third-order valence-electron chi connectivity index (χ3n) is 6.51. The first-order valence-corrected chi connectivity index (χ1v) is 14.1. The maximum atomic E-state index is 14.1. The van der Waals surface area contributed by atoms with E-state index in [-0.39, 0.29) is 20.9 Å². The summed E-state index contributed by atoms with van der Waals surface area (Å²) in [5, 5.41) is 2.06. The molecule has 234 valence electrons. The van der Waals surface area contributed by atoms with E-state index >= 15 is 0 Å². The van der Waals surface area contributed by atoms with Crippen LogP contribution < -0.4 is 5.32 Å². The predicted octanol–water partition coefficient (Wildman–Crippen LogP) is 7.01. The Kier molecular flexibility index (Phi) is 9.13. The van der Waals surface area contributed by atoms with Crippen LogP contribution in [0.3, 0.4) is 0 Å². The van der Waals surface area contributed by atoms with E-state index in [1.165, 1.54) is 24.5 Å². The van der Waals surface area contributed by atoms with Gasteiger partial charge in [-0.2, -0.15) is 26.3 Å². The third-order valence-corrected chi connectivity index (χ3v) is 7.30. The van der Waals surface area contributed by atoms with Crippen molar-refractivity contribution in [2.45, 2.75) is 31.0 Å². The van der Waals surface area contributed by atoms with Crippen LogP contribution >= 0.6 is 22.6 Å². The second kappa shape index (κ2) is 12.9. The second-order valence-corrected chi connectivity index (χ2v) is 10.7. The zero-order valence-electron chi connectivity index (χ0n) is 22.8. The third kappa shape index (κ3) is 7.10. The van der Waals surface area contributed by atoms with Crippen molar-refractivity contribution in [1.29, 1.82) is 0 Å². The number of alkyl halides is 6. The topological polar surface area (TPSA) is 104 Å². The number of fused-ring (bicyclic) bond motifs is 1. The summed E-state index contributed by atoms with van der Waals surface area (Å²) < 4.78 is 95.2. The van der Waals surface area contributed by atoms with Crippen LogP contribution in [0.2, 0.25) is 0 Å². The fraction of sp³-hybridized carbons (Fsp3) is 0.207. The summed E-state index contributed by atoms with van der Waals surface area (Å²) in [6.07, 6.45) is -8.02. The molecule has 0 aliphatic rings. The number of ether oxygens (including phenoxy) is 2. The van der Waals surface area contributed by atoms with E-state index in [1.807, 2.05) is 30.3 Å².